The summed E-state index contributed by atoms with van der Waals surface area (Å²) in [6.07, 6.45) is 3.43. The average Bonchev–Trinajstić information content (AvgIpc) is 3.13. The molecular weight excluding hydrogens is 242 g/mol. The molecule has 3 rings (SSSR count). The number of carbonyl (C=O) groups is 1. The Bertz CT molecular complexity index is 496. The molecule has 2 atom stereocenters. The molecule has 1 aliphatic heterocycles. The summed E-state index contributed by atoms with van der Waals surface area (Å²) in [5.41, 5.74) is 1.31. The molecule has 2 fully saturated rings. The number of aryl methyl sites for hydroxylation is 1. The zero-order valence-corrected chi connectivity index (χ0v) is 11.1. The molecule has 19 heavy (non-hydrogen) atoms. The largest absolute Gasteiger partial charge is 0.507 e. The van der Waals surface area contributed by atoms with Gasteiger partial charge in [-0.25, -0.2) is 0 Å². The highest BCUT2D eigenvalue weighted by Gasteiger charge is 2.41. The van der Waals surface area contributed by atoms with Gasteiger partial charge in [-0.15, -0.1) is 0 Å². The van der Waals surface area contributed by atoms with Gasteiger partial charge in [-0.2, -0.15) is 0 Å². The first-order valence-corrected chi connectivity index (χ1v) is 6.87. The lowest BCUT2D eigenvalue weighted by atomic mass is 10.0. The molecule has 1 aliphatic carbocycles. The summed E-state index contributed by atoms with van der Waals surface area (Å²) in [6.45, 7) is 2.62. The van der Waals surface area contributed by atoms with Crippen molar-refractivity contribution < 1.29 is 14.6 Å². The molecule has 0 spiro atoms. The van der Waals surface area contributed by atoms with Gasteiger partial charge in [0.05, 0.1) is 17.7 Å². The zero-order valence-electron chi connectivity index (χ0n) is 11.1. The van der Waals surface area contributed by atoms with Crippen molar-refractivity contribution in [1.29, 1.82) is 0 Å². The van der Waals surface area contributed by atoms with Crippen LogP contribution >= 0.6 is 0 Å². The van der Waals surface area contributed by atoms with Gasteiger partial charge in [-0.05, 0) is 44.2 Å². The number of aromatic hydroxyl groups is 1. The second kappa shape index (κ2) is 4.85. The van der Waals surface area contributed by atoms with Crippen LogP contribution in [0.4, 0.5) is 0 Å². The molecule has 2 unspecified atom stereocenters. The number of amides is 1. The fourth-order valence-corrected chi connectivity index (χ4v) is 2.73. The fourth-order valence-electron chi connectivity index (χ4n) is 2.73. The highest BCUT2D eigenvalue weighted by atomic mass is 16.5. The molecule has 2 N–H and O–H groups in total. The number of rotatable bonds is 3. The van der Waals surface area contributed by atoms with Crippen molar-refractivity contribution in [3.8, 4) is 5.75 Å². The second-order valence-electron chi connectivity index (χ2n) is 5.56. The first-order valence-electron chi connectivity index (χ1n) is 6.87. The first-order chi connectivity index (χ1) is 9.15. The van der Waals surface area contributed by atoms with Crippen LogP contribution in [0, 0.1) is 12.8 Å². The number of hydrogen-bond donors (Lipinski definition) is 2. The molecule has 1 aromatic rings. The summed E-state index contributed by atoms with van der Waals surface area (Å²) < 4.78 is 5.70. The van der Waals surface area contributed by atoms with Crippen molar-refractivity contribution >= 4 is 5.91 Å². The number of ether oxygens (including phenoxy) is 1. The maximum absolute atomic E-state index is 12.2. The van der Waals surface area contributed by atoms with Crippen LogP contribution in [-0.4, -0.2) is 29.8 Å². The van der Waals surface area contributed by atoms with Gasteiger partial charge in [-0.1, -0.05) is 11.6 Å². The Labute approximate surface area is 112 Å². The van der Waals surface area contributed by atoms with E-state index in [0.29, 0.717) is 18.1 Å². The smallest absolute Gasteiger partial charge is 0.255 e. The van der Waals surface area contributed by atoms with Crippen LogP contribution in [0.25, 0.3) is 0 Å². The van der Waals surface area contributed by atoms with Crippen LogP contribution in [-0.2, 0) is 4.74 Å². The first kappa shape index (κ1) is 12.5. The summed E-state index contributed by atoms with van der Waals surface area (Å²) in [4.78, 5) is 12.2. The van der Waals surface area contributed by atoms with Crippen LogP contribution in [0.3, 0.4) is 0 Å². The molecule has 4 nitrogen and oxygen atoms in total. The van der Waals surface area contributed by atoms with Crippen LogP contribution < -0.4 is 5.32 Å². The number of hydrogen-bond acceptors (Lipinski definition) is 3. The minimum Gasteiger partial charge on any atom is -0.507 e. The third-order valence-corrected chi connectivity index (χ3v) is 3.94. The van der Waals surface area contributed by atoms with E-state index in [9.17, 15) is 9.90 Å². The van der Waals surface area contributed by atoms with Gasteiger partial charge in [-0.3, -0.25) is 4.79 Å². The molecule has 1 aromatic carbocycles. The Hall–Kier alpha value is -1.55. The summed E-state index contributed by atoms with van der Waals surface area (Å²) in [5.74, 6) is 0.436. The number of phenols is 1. The van der Waals surface area contributed by atoms with Gasteiger partial charge in [0.2, 0.25) is 0 Å². The van der Waals surface area contributed by atoms with Crippen molar-refractivity contribution in [1.82, 2.24) is 5.32 Å². The summed E-state index contributed by atoms with van der Waals surface area (Å²) in [7, 11) is 0. The predicted molar refractivity (Wildman–Crippen MR) is 71.2 cm³/mol. The van der Waals surface area contributed by atoms with E-state index in [4.69, 9.17) is 4.74 Å². The molecule has 1 saturated carbocycles. The lowest BCUT2D eigenvalue weighted by Crippen LogP contribution is -2.41. The minimum absolute atomic E-state index is 0.0324. The number of benzene rings is 1. The standard InChI is InChI=1S/C15H19NO3/c1-9-2-5-13(17)11(8-9)15(18)16-12-6-7-19-14(12)10-3-4-10/h2,5,8,10,12,14,17H,3-4,6-7H2,1H3,(H,16,18). The Morgan fingerprint density at radius 3 is 2.89 bits per heavy atom. The highest BCUT2D eigenvalue weighted by Crippen LogP contribution is 2.38. The van der Waals surface area contributed by atoms with E-state index in [1.54, 1.807) is 18.2 Å². The molecule has 2 aliphatic rings. The summed E-state index contributed by atoms with van der Waals surface area (Å²) in [5, 5.41) is 12.8. The second-order valence-corrected chi connectivity index (χ2v) is 5.56. The van der Waals surface area contributed by atoms with Crippen molar-refractivity contribution in [2.75, 3.05) is 6.61 Å². The van der Waals surface area contributed by atoms with E-state index >= 15 is 0 Å². The van der Waals surface area contributed by atoms with E-state index in [2.05, 4.69) is 5.32 Å². The van der Waals surface area contributed by atoms with Crippen LogP contribution in [0.2, 0.25) is 0 Å². The SMILES string of the molecule is Cc1ccc(O)c(C(=O)NC2CCOC2C2CC2)c1. The average molecular weight is 261 g/mol. The van der Waals surface area contributed by atoms with Gasteiger partial charge in [0, 0.05) is 6.61 Å². The topological polar surface area (TPSA) is 58.6 Å². The zero-order chi connectivity index (χ0) is 13.4. The molecule has 1 saturated heterocycles. The Morgan fingerprint density at radius 2 is 2.16 bits per heavy atom. The molecular formula is C15H19NO3. The van der Waals surface area contributed by atoms with E-state index in [1.807, 2.05) is 6.92 Å². The molecule has 1 heterocycles. The third kappa shape index (κ3) is 2.59. The maximum atomic E-state index is 12.2. The lowest BCUT2D eigenvalue weighted by molar-refractivity contribution is 0.0728. The number of carbonyl (C=O) groups excluding carboxylic acids is 1. The van der Waals surface area contributed by atoms with Crippen molar-refractivity contribution in [3.05, 3.63) is 29.3 Å². The summed E-state index contributed by atoms with van der Waals surface area (Å²) >= 11 is 0. The normalized spacial score (nSPS) is 26.4. The van der Waals surface area contributed by atoms with E-state index in [1.165, 1.54) is 12.8 Å². The Morgan fingerprint density at radius 1 is 1.37 bits per heavy atom. The molecule has 4 heteroatoms. The predicted octanol–water partition coefficient (Wildman–Crippen LogP) is 2.00. The van der Waals surface area contributed by atoms with Gasteiger partial charge in [0.1, 0.15) is 5.75 Å². The molecule has 0 bridgehead atoms. The van der Waals surface area contributed by atoms with Crippen molar-refractivity contribution in [3.63, 3.8) is 0 Å². The fraction of sp³-hybridized carbons (Fsp3) is 0.533. The van der Waals surface area contributed by atoms with Gasteiger partial charge in [0.25, 0.3) is 5.91 Å². The highest BCUT2D eigenvalue weighted by molar-refractivity contribution is 5.97. The van der Waals surface area contributed by atoms with Gasteiger partial charge >= 0.3 is 0 Å². The van der Waals surface area contributed by atoms with Gasteiger partial charge in [0.15, 0.2) is 0 Å². The van der Waals surface area contributed by atoms with Crippen LogP contribution in [0.5, 0.6) is 5.75 Å². The quantitative estimate of drug-likeness (QED) is 0.875. The van der Waals surface area contributed by atoms with Crippen LogP contribution in [0.15, 0.2) is 18.2 Å². The summed E-state index contributed by atoms with van der Waals surface area (Å²) in [6, 6.07) is 5.15. The lowest BCUT2D eigenvalue weighted by Gasteiger charge is -2.19. The number of phenolic OH excluding ortho intramolecular Hbond substituents is 1. The van der Waals surface area contributed by atoms with Crippen molar-refractivity contribution in [2.24, 2.45) is 5.92 Å². The Kier molecular flexibility index (Phi) is 3.19. The minimum atomic E-state index is -0.206. The number of nitrogens with one attached hydrogen (secondary N) is 1. The monoisotopic (exact) mass is 261 g/mol. The molecule has 0 radical (unpaired) electrons. The molecule has 0 aromatic heterocycles. The van der Waals surface area contributed by atoms with E-state index < -0.39 is 0 Å². The Balaban J connectivity index is 1.72. The molecule has 102 valence electrons. The maximum Gasteiger partial charge on any atom is 0.255 e. The van der Waals surface area contributed by atoms with Crippen LogP contribution in [0.1, 0.15) is 35.2 Å². The third-order valence-electron chi connectivity index (χ3n) is 3.94. The molecule has 1 amide bonds. The van der Waals surface area contributed by atoms with E-state index in [0.717, 1.165) is 12.0 Å². The van der Waals surface area contributed by atoms with E-state index in [-0.39, 0.29) is 23.8 Å². The van der Waals surface area contributed by atoms with Crippen molar-refractivity contribution in [2.45, 2.75) is 38.3 Å². The van der Waals surface area contributed by atoms with Gasteiger partial charge < -0.3 is 15.2 Å².